The van der Waals surface area contributed by atoms with E-state index in [0.717, 1.165) is 35.7 Å². The number of methoxy groups -OCH3 is 2. The fraction of sp³-hybridized carbons (Fsp3) is 0.409. The Labute approximate surface area is 166 Å². The van der Waals surface area contributed by atoms with Gasteiger partial charge in [0.1, 0.15) is 11.4 Å². The zero-order valence-electron chi connectivity index (χ0n) is 16.5. The Balaban J connectivity index is 1.55. The van der Waals surface area contributed by atoms with E-state index in [0.29, 0.717) is 26.1 Å². The molecule has 0 unspecified atom stereocenters. The van der Waals surface area contributed by atoms with E-state index in [9.17, 15) is 4.79 Å². The van der Waals surface area contributed by atoms with Gasteiger partial charge in [-0.05, 0) is 61.3 Å². The van der Waals surface area contributed by atoms with Crippen molar-refractivity contribution in [3.63, 3.8) is 0 Å². The van der Waals surface area contributed by atoms with Gasteiger partial charge in [0.25, 0.3) is 5.91 Å². The van der Waals surface area contributed by atoms with E-state index in [-0.39, 0.29) is 5.91 Å². The molecule has 0 saturated carbocycles. The smallest absolute Gasteiger partial charge is 0.256 e. The zero-order chi connectivity index (χ0) is 19.8. The summed E-state index contributed by atoms with van der Waals surface area (Å²) in [6, 6.07) is 15.5. The van der Waals surface area contributed by atoms with Gasteiger partial charge in [0.2, 0.25) is 0 Å². The molecule has 1 fully saturated rings. The second kappa shape index (κ2) is 9.68. The Kier molecular flexibility index (Phi) is 7.03. The topological polar surface area (TPSA) is 68.8 Å². The maximum absolute atomic E-state index is 12.8. The predicted molar refractivity (Wildman–Crippen MR) is 108 cm³/mol. The molecule has 2 aromatic carbocycles. The molecule has 0 atom stereocenters. The molecule has 28 heavy (non-hydrogen) atoms. The highest BCUT2D eigenvalue weighted by atomic mass is 16.5. The molecule has 150 valence electrons. The highest BCUT2D eigenvalue weighted by molar-refractivity contribution is 5.97. The van der Waals surface area contributed by atoms with Crippen LogP contribution in [0.4, 0.5) is 5.69 Å². The van der Waals surface area contributed by atoms with Gasteiger partial charge in [-0.2, -0.15) is 0 Å². The lowest BCUT2D eigenvalue weighted by Gasteiger charge is -2.34. The van der Waals surface area contributed by atoms with Crippen molar-refractivity contribution in [1.29, 1.82) is 0 Å². The number of ether oxygens (including phenoxy) is 3. The number of nitrogens with one attached hydrogen (secondary N) is 2. The summed E-state index contributed by atoms with van der Waals surface area (Å²) in [4.78, 5) is 12.8. The second-order valence-electron chi connectivity index (χ2n) is 6.94. The van der Waals surface area contributed by atoms with Gasteiger partial charge in [-0.1, -0.05) is 24.3 Å². The minimum absolute atomic E-state index is 0.0900. The summed E-state index contributed by atoms with van der Waals surface area (Å²) in [5.41, 5.74) is 2.08. The van der Waals surface area contributed by atoms with E-state index in [1.807, 2.05) is 48.5 Å². The minimum Gasteiger partial charge on any atom is -0.497 e. The quantitative estimate of drug-likeness (QED) is 0.732. The Morgan fingerprint density at radius 3 is 2.43 bits per heavy atom. The number of hydrogen-bond donors (Lipinski definition) is 2. The van der Waals surface area contributed by atoms with Crippen molar-refractivity contribution < 1.29 is 19.0 Å². The number of anilines is 1. The molecule has 0 bridgehead atoms. The Hall–Kier alpha value is -2.41. The van der Waals surface area contributed by atoms with E-state index in [4.69, 9.17) is 14.2 Å². The summed E-state index contributed by atoms with van der Waals surface area (Å²) in [6.45, 7) is 2.54. The Morgan fingerprint density at radius 2 is 1.75 bits per heavy atom. The first-order valence-electron chi connectivity index (χ1n) is 9.52. The maximum atomic E-state index is 12.8. The molecule has 1 saturated heterocycles. The van der Waals surface area contributed by atoms with Crippen LogP contribution in [0.1, 0.15) is 24.0 Å². The van der Waals surface area contributed by atoms with Gasteiger partial charge in [0, 0.05) is 12.8 Å². The molecule has 1 aliphatic heterocycles. The van der Waals surface area contributed by atoms with Crippen LogP contribution in [0.15, 0.2) is 48.5 Å². The van der Waals surface area contributed by atoms with Crippen LogP contribution < -0.4 is 15.4 Å². The van der Waals surface area contributed by atoms with Crippen molar-refractivity contribution in [3.05, 3.63) is 59.7 Å². The number of benzene rings is 2. The van der Waals surface area contributed by atoms with Gasteiger partial charge < -0.3 is 24.8 Å². The fourth-order valence-corrected chi connectivity index (χ4v) is 3.35. The first-order valence-corrected chi connectivity index (χ1v) is 9.52. The van der Waals surface area contributed by atoms with Crippen LogP contribution >= 0.6 is 0 Å². The normalized spacial score (nSPS) is 15.8. The van der Waals surface area contributed by atoms with E-state index < -0.39 is 5.60 Å². The summed E-state index contributed by atoms with van der Waals surface area (Å²) in [6.07, 6.45) is 1.33. The maximum Gasteiger partial charge on any atom is 0.256 e. The number of carbonyl (C=O) groups excluding carboxylic acids is 1. The molecule has 6 heteroatoms. The van der Waals surface area contributed by atoms with Crippen LogP contribution in [0, 0.1) is 0 Å². The standard InChI is InChI=1S/C22H28N2O4/c1-26-20-8-6-17(7-9-20)15-28-16-18-4-3-5-19(14-18)24-21(25)22(27-2)10-12-23-13-11-22/h3-9,14,23H,10-13,15-16H2,1-2H3,(H,24,25). The highest BCUT2D eigenvalue weighted by Crippen LogP contribution is 2.25. The molecule has 1 aliphatic rings. The van der Waals surface area contributed by atoms with E-state index >= 15 is 0 Å². The van der Waals surface area contributed by atoms with Crippen LogP contribution in [-0.4, -0.2) is 38.8 Å². The molecule has 0 aromatic heterocycles. The van der Waals surface area contributed by atoms with Crippen molar-refractivity contribution in [1.82, 2.24) is 5.32 Å². The van der Waals surface area contributed by atoms with Crippen molar-refractivity contribution in [2.75, 3.05) is 32.6 Å². The van der Waals surface area contributed by atoms with Gasteiger partial charge in [-0.3, -0.25) is 4.79 Å². The number of carbonyl (C=O) groups is 1. The van der Waals surface area contributed by atoms with E-state index in [2.05, 4.69) is 10.6 Å². The van der Waals surface area contributed by atoms with Crippen molar-refractivity contribution in [2.24, 2.45) is 0 Å². The fourth-order valence-electron chi connectivity index (χ4n) is 3.35. The molecular formula is C22H28N2O4. The Bertz CT molecular complexity index is 770. The highest BCUT2D eigenvalue weighted by Gasteiger charge is 2.39. The SMILES string of the molecule is COc1ccc(COCc2cccc(NC(=O)C3(OC)CCNCC3)c2)cc1. The largest absolute Gasteiger partial charge is 0.497 e. The van der Waals surface area contributed by atoms with Crippen molar-refractivity contribution in [2.45, 2.75) is 31.7 Å². The molecule has 1 heterocycles. The van der Waals surface area contributed by atoms with Gasteiger partial charge in [0.05, 0.1) is 20.3 Å². The molecule has 0 spiro atoms. The number of piperidine rings is 1. The monoisotopic (exact) mass is 384 g/mol. The zero-order valence-corrected chi connectivity index (χ0v) is 16.5. The lowest BCUT2D eigenvalue weighted by molar-refractivity contribution is -0.140. The van der Waals surface area contributed by atoms with Crippen LogP contribution in [0.2, 0.25) is 0 Å². The number of rotatable bonds is 8. The third-order valence-electron chi connectivity index (χ3n) is 5.10. The molecule has 0 radical (unpaired) electrons. The average Bonchev–Trinajstić information content (AvgIpc) is 2.75. The van der Waals surface area contributed by atoms with Gasteiger partial charge >= 0.3 is 0 Å². The molecule has 2 aromatic rings. The second-order valence-corrected chi connectivity index (χ2v) is 6.94. The van der Waals surface area contributed by atoms with Gasteiger partial charge in [-0.25, -0.2) is 0 Å². The lowest BCUT2D eigenvalue weighted by Crippen LogP contribution is -2.51. The summed E-state index contributed by atoms with van der Waals surface area (Å²) in [7, 11) is 3.26. The van der Waals surface area contributed by atoms with Crippen LogP contribution in [0.25, 0.3) is 0 Å². The van der Waals surface area contributed by atoms with Crippen LogP contribution in [0.5, 0.6) is 5.75 Å². The van der Waals surface area contributed by atoms with E-state index in [1.165, 1.54) is 0 Å². The van der Waals surface area contributed by atoms with Gasteiger partial charge in [0.15, 0.2) is 0 Å². The van der Waals surface area contributed by atoms with Crippen LogP contribution in [-0.2, 0) is 27.5 Å². The summed E-state index contributed by atoms with van der Waals surface area (Å²) >= 11 is 0. The molecule has 6 nitrogen and oxygen atoms in total. The van der Waals surface area contributed by atoms with Crippen LogP contribution in [0.3, 0.4) is 0 Å². The average molecular weight is 384 g/mol. The molecule has 2 N–H and O–H groups in total. The lowest BCUT2D eigenvalue weighted by atomic mass is 9.91. The predicted octanol–water partition coefficient (Wildman–Crippen LogP) is 3.12. The molecule has 1 amide bonds. The summed E-state index contributed by atoms with van der Waals surface area (Å²) < 4.78 is 16.6. The molecule has 3 rings (SSSR count). The number of amides is 1. The van der Waals surface area contributed by atoms with E-state index in [1.54, 1.807) is 14.2 Å². The van der Waals surface area contributed by atoms with Gasteiger partial charge in [-0.15, -0.1) is 0 Å². The van der Waals surface area contributed by atoms with Crippen molar-refractivity contribution in [3.8, 4) is 5.75 Å². The summed E-state index contributed by atoms with van der Waals surface area (Å²) in [5, 5.41) is 6.26. The minimum atomic E-state index is -0.758. The first kappa shape index (κ1) is 20.3. The van der Waals surface area contributed by atoms with Crippen molar-refractivity contribution >= 4 is 11.6 Å². The Morgan fingerprint density at radius 1 is 1.04 bits per heavy atom. The third-order valence-corrected chi connectivity index (χ3v) is 5.10. The number of hydrogen-bond acceptors (Lipinski definition) is 5. The first-order chi connectivity index (χ1) is 13.6. The summed E-state index contributed by atoms with van der Waals surface area (Å²) in [5.74, 6) is 0.738. The molecule has 0 aliphatic carbocycles. The third kappa shape index (κ3) is 5.10. The molecular weight excluding hydrogens is 356 g/mol.